The van der Waals surface area contributed by atoms with Crippen LogP contribution in [-0.2, 0) is 16.4 Å². The SMILES string of the molecule is Cc1cc(B2OC(C)(C)C(C)(C)O2)ccc1-c1cn(C)c(C2CC2)n1. The highest BCUT2D eigenvalue weighted by Crippen LogP contribution is 2.40. The summed E-state index contributed by atoms with van der Waals surface area (Å²) in [6.45, 7) is 10.5. The van der Waals surface area contributed by atoms with Gasteiger partial charge in [-0.2, -0.15) is 0 Å². The summed E-state index contributed by atoms with van der Waals surface area (Å²) in [6, 6.07) is 6.42. The van der Waals surface area contributed by atoms with Gasteiger partial charge < -0.3 is 13.9 Å². The highest BCUT2D eigenvalue weighted by atomic mass is 16.7. The van der Waals surface area contributed by atoms with E-state index in [1.165, 1.54) is 29.8 Å². The number of hydrogen-bond acceptors (Lipinski definition) is 3. The van der Waals surface area contributed by atoms with Gasteiger partial charge in [0.05, 0.1) is 16.9 Å². The fraction of sp³-hybridized carbons (Fsp3) is 0.550. The quantitative estimate of drug-likeness (QED) is 0.803. The van der Waals surface area contributed by atoms with Crippen LogP contribution in [0.2, 0.25) is 0 Å². The van der Waals surface area contributed by atoms with Gasteiger partial charge in [0.1, 0.15) is 5.82 Å². The van der Waals surface area contributed by atoms with Gasteiger partial charge in [0.15, 0.2) is 0 Å². The lowest BCUT2D eigenvalue weighted by Crippen LogP contribution is -2.41. The highest BCUT2D eigenvalue weighted by molar-refractivity contribution is 6.62. The van der Waals surface area contributed by atoms with E-state index in [4.69, 9.17) is 14.3 Å². The molecule has 0 bridgehead atoms. The van der Waals surface area contributed by atoms with Crippen LogP contribution in [-0.4, -0.2) is 27.9 Å². The molecular formula is C20H27BN2O2. The summed E-state index contributed by atoms with van der Waals surface area (Å²) in [4.78, 5) is 4.88. The Morgan fingerprint density at radius 3 is 2.32 bits per heavy atom. The van der Waals surface area contributed by atoms with Crippen LogP contribution in [0.5, 0.6) is 0 Å². The number of aryl methyl sites for hydroxylation is 2. The summed E-state index contributed by atoms with van der Waals surface area (Å²) < 4.78 is 14.5. The molecule has 1 saturated carbocycles. The zero-order valence-corrected chi connectivity index (χ0v) is 16.1. The van der Waals surface area contributed by atoms with E-state index in [2.05, 4.69) is 70.6 Å². The molecule has 1 saturated heterocycles. The van der Waals surface area contributed by atoms with E-state index in [-0.39, 0.29) is 18.3 Å². The molecule has 2 fully saturated rings. The maximum Gasteiger partial charge on any atom is 0.494 e. The summed E-state index contributed by atoms with van der Waals surface area (Å²) in [6.07, 6.45) is 4.68. The monoisotopic (exact) mass is 338 g/mol. The van der Waals surface area contributed by atoms with Gasteiger partial charge in [0.2, 0.25) is 0 Å². The minimum Gasteiger partial charge on any atom is -0.399 e. The standard InChI is InChI=1S/C20H27BN2O2/c1-13-11-15(21-24-19(2,3)20(4,5)25-21)9-10-16(13)17-12-23(6)18(22-17)14-7-8-14/h9-12,14H,7-8H2,1-6H3. The Bertz CT molecular complexity index is 805. The molecule has 1 aliphatic carbocycles. The second-order valence-corrected chi connectivity index (χ2v) is 8.53. The second kappa shape index (κ2) is 5.45. The summed E-state index contributed by atoms with van der Waals surface area (Å²) >= 11 is 0. The summed E-state index contributed by atoms with van der Waals surface area (Å²) in [7, 11) is 1.78. The summed E-state index contributed by atoms with van der Waals surface area (Å²) in [5.41, 5.74) is 3.88. The van der Waals surface area contributed by atoms with Crippen LogP contribution in [0.1, 0.15) is 57.8 Å². The summed E-state index contributed by atoms with van der Waals surface area (Å²) in [5.74, 6) is 1.87. The molecule has 1 aliphatic heterocycles. The van der Waals surface area contributed by atoms with Crippen molar-refractivity contribution in [3.8, 4) is 11.3 Å². The van der Waals surface area contributed by atoms with Crippen LogP contribution in [0, 0.1) is 6.92 Å². The predicted molar refractivity (Wildman–Crippen MR) is 101 cm³/mol. The summed E-state index contributed by atoms with van der Waals surface area (Å²) in [5, 5.41) is 0. The normalized spacial score (nSPS) is 21.8. The Kier molecular flexibility index (Phi) is 3.68. The third kappa shape index (κ3) is 2.83. The van der Waals surface area contributed by atoms with Crippen molar-refractivity contribution in [2.45, 2.75) is 64.6 Å². The van der Waals surface area contributed by atoms with Crippen LogP contribution in [0.15, 0.2) is 24.4 Å². The molecule has 4 nitrogen and oxygen atoms in total. The molecule has 1 aromatic heterocycles. The van der Waals surface area contributed by atoms with Gasteiger partial charge in [0, 0.05) is 24.7 Å². The molecule has 2 aromatic rings. The minimum absolute atomic E-state index is 0.315. The molecule has 5 heteroatoms. The van der Waals surface area contributed by atoms with Crippen molar-refractivity contribution in [3.63, 3.8) is 0 Å². The van der Waals surface area contributed by atoms with Crippen molar-refractivity contribution in [1.82, 2.24) is 9.55 Å². The van der Waals surface area contributed by atoms with Gasteiger partial charge in [-0.25, -0.2) is 4.98 Å². The molecule has 0 atom stereocenters. The third-order valence-electron chi connectivity index (χ3n) is 5.91. The van der Waals surface area contributed by atoms with Crippen molar-refractivity contribution >= 4 is 12.6 Å². The largest absolute Gasteiger partial charge is 0.494 e. The first-order chi connectivity index (χ1) is 11.7. The van der Waals surface area contributed by atoms with Gasteiger partial charge in [-0.1, -0.05) is 18.2 Å². The van der Waals surface area contributed by atoms with Crippen LogP contribution in [0.25, 0.3) is 11.3 Å². The first kappa shape index (κ1) is 16.9. The van der Waals surface area contributed by atoms with E-state index in [0.29, 0.717) is 5.92 Å². The number of hydrogen-bond donors (Lipinski definition) is 0. The molecule has 25 heavy (non-hydrogen) atoms. The topological polar surface area (TPSA) is 36.3 Å². The predicted octanol–water partition coefficient (Wildman–Crippen LogP) is 3.57. The second-order valence-electron chi connectivity index (χ2n) is 8.53. The molecule has 132 valence electrons. The number of nitrogens with zero attached hydrogens (tertiary/aromatic N) is 2. The van der Waals surface area contributed by atoms with Crippen molar-refractivity contribution in [3.05, 3.63) is 35.8 Å². The van der Waals surface area contributed by atoms with Gasteiger partial charge in [0.25, 0.3) is 0 Å². The zero-order valence-electron chi connectivity index (χ0n) is 16.1. The maximum atomic E-state index is 6.17. The van der Waals surface area contributed by atoms with Crippen LogP contribution in [0.4, 0.5) is 0 Å². The van der Waals surface area contributed by atoms with Crippen molar-refractivity contribution < 1.29 is 9.31 Å². The van der Waals surface area contributed by atoms with Crippen LogP contribution < -0.4 is 5.46 Å². The van der Waals surface area contributed by atoms with E-state index in [1.54, 1.807) is 0 Å². The minimum atomic E-state index is -0.316. The molecule has 2 aliphatic rings. The van der Waals surface area contributed by atoms with E-state index in [1.807, 2.05) is 0 Å². The van der Waals surface area contributed by atoms with E-state index >= 15 is 0 Å². The van der Waals surface area contributed by atoms with Crippen molar-refractivity contribution in [2.24, 2.45) is 7.05 Å². The van der Waals surface area contributed by atoms with E-state index < -0.39 is 0 Å². The smallest absolute Gasteiger partial charge is 0.399 e. The van der Waals surface area contributed by atoms with Gasteiger partial charge in [-0.3, -0.25) is 0 Å². The Morgan fingerprint density at radius 2 is 1.76 bits per heavy atom. The lowest BCUT2D eigenvalue weighted by Gasteiger charge is -2.32. The van der Waals surface area contributed by atoms with E-state index in [9.17, 15) is 0 Å². The number of benzene rings is 1. The van der Waals surface area contributed by atoms with Gasteiger partial charge in [-0.05, 0) is 58.5 Å². The Hall–Kier alpha value is -1.59. The van der Waals surface area contributed by atoms with Crippen molar-refractivity contribution in [2.75, 3.05) is 0 Å². The Morgan fingerprint density at radius 1 is 1.12 bits per heavy atom. The fourth-order valence-electron chi connectivity index (χ4n) is 3.43. The highest BCUT2D eigenvalue weighted by Gasteiger charge is 2.51. The molecule has 0 amide bonds. The average Bonchev–Trinajstić information content (AvgIpc) is 3.24. The Labute approximate surface area is 150 Å². The van der Waals surface area contributed by atoms with Crippen LogP contribution >= 0.6 is 0 Å². The van der Waals surface area contributed by atoms with Gasteiger partial charge >= 0.3 is 7.12 Å². The molecule has 0 N–H and O–H groups in total. The molecule has 1 aromatic carbocycles. The lowest BCUT2D eigenvalue weighted by atomic mass is 9.77. The Balaban J connectivity index is 1.63. The number of imidazole rings is 1. The molecule has 2 heterocycles. The third-order valence-corrected chi connectivity index (χ3v) is 5.91. The number of aromatic nitrogens is 2. The molecule has 0 radical (unpaired) electrons. The average molecular weight is 338 g/mol. The first-order valence-corrected chi connectivity index (χ1v) is 9.18. The molecule has 0 spiro atoms. The van der Waals surface area contributed by atoms with Crippen molar-refractivity contribution in [1.29, 1.82) is 0 Å². The molecule has 0 unspecified atom stereocenters. The fourth-order valence-corrected chi connectivity index (χ4v) is 3.43. The first-order valence-electron chi connectivity index (χ1n) is 9.18. The zero-order chi connectivity index (χ0) is 18.0. The number of rotatable bonds is 3. The lowest BCUT2D eigenvalue weighted by molar-refractivity contribution is 0.00578. The molecular weight excluding hydrogens is 311 g/mol. The van der Waals surface area contributed by atoms with E-state index in [0.717, 1.165) is 11.2 Å². The molecule has 4 rings (SSSR count). The van der Waals surface area contributed by atoms with Crippen LogP contribution in [0.3, 0.4) is 0 Å². The van der Waals surface area contributed by atoms with Gasteiger partial charge in [-0.15, -0.1) is 0 Å². The maximum absolute atomic E-state index is 6.17.